The second-order valence-electron chi connectivity index (χ2n) is 6.36. The van der Waals surface area contributed by atoms with E-state index in [9.17, 15) is 14.4 Å². The Kier molecular flexibility index (Phi) is 5.12. The molecule has 7 nitrogen and oxygen atoms in total. The first kappa shape index (κ1) is 18.4. The highest BCUT2D eigenvalue weighted by molar-refractivity contribution is 6.16. The summed E-state index contributed by atoms with van der Waals surface area (Å²) in [6.07, 6.45) is 1.66. The Bertz CT molecular complexity index is 928. The summed E-state index contributed by atoms with van der Waals surface area (Å²) in [7, 11) is 0. The Morgan fingerprint density at radius 2 is 1.89 bits per heavy atom. The van der Waals surface area contributed by atoms with E-state index < -0.39 is 17.8 Å². The van der Waals surface area contributed by atoms with Gasteiger partial charge in [0.1, 0.15) is 12.2 Å². The maximum Gasteiger partial charge on any atom is 0.329 e. The smallest absolute Gasteiger partial charge is 0.329 e. The van der Waals surface area contributed by atoms with Crippen molar-refractivity contribution in [2.75, 3.05) is 11.9 Å². The number of aryl methyl sites for hydroxylation is 1. The van der Waals surface area contributed by atoms with Gasteiger partial charge in [0.25, 0.3) is 5.91 Å². The predicted octanol–water partition coefficient (Wildman–Crippen LogP) is 2.66. The molecule has 2 N–H and O–H groups in total. The maximum absolute atomic E-state index is 12.6. The van der Waals surface area contributed by atoms with Gasteiger partial charge in [-0.2, -0.15) is 0 Å². The van der Waals surface area contributed by atoms with E-state index >= 15 is 0 Å². The van der Waals surface area contributed by atoms with Gasteiger partial charge in [-0.1, -0.05) is 18.2 Å². The number of imide groups is 1. The van der Waals surface area contributed by atoms with Crippen molar-refractivity contribution >= 4 is 29.6 Å². The molecule has 7 heteroatoms. The minimum atomic E-state index is -0.598. The van der Waals surface area contributed by atoms with E-state index in [-0.39, 0.29) is 12.2 Å². The number of hydrogen-bond donors (Lipinski definition) is 2. The molecule has 1 fully saturated rings. The molecule has 2 aromatic rings. The van der Waals surface area contributed by atoms with Crippen molar-refractivity contribution in [2.45, 2.75) is 27.3 Å². The number of rotatable bonds is 5. The van der Waals surface area contributed by atoms with Gasteiger partial charge in [0.15, 0.2) is 0 Å². The molecular weight excluding hydrogens is 344 g/mol. The van der Waals surface area contributed by atoms with Crippen LogP contribution in [0.5, 0.6) is 0 Å². The summed E-state index contributed by atoms with van der Waals surface area (Å²) in [5.74, 6) is -0.945. The summed E-state index contributed by atoms with van der Waals surface area (Å²) in [6.45, 7) is 6.49. The molecule has 1 aromatic carbocycles. The van der Waals surface area contributed by atoms with Crippen molar-refractivity contribution in [3.05, 3.63) is 59.0 Å². The monoisotopic (exact) mass is 366 g/mol. The van der Waals surface area contributed by atoms with Crippen LogP contribution in [0.1, 0.15) is 23.9 Å². The van der Waals surface area contributed by atoms with Gasteiger partial charge in [-0.3, -0.25) is 9.59 Å². The number of urea groups is 1. The van der Waals surface area contributed by atoms with Gasteiger partial charge in [0.2, 0.25) is 5.91 Å². The number of benzene rings is 1. The van der Waals surface area contributed by atoms with E-state index in [1.165, 1.54) is 0 Å². The van der Waals surface area contributed by atoms with E-state index in [0.717, 1.165) is 28.4 Å². The summed E-state index contributed by atoms with van der Waals surface area (Å²) in [4.78, 5) is 37.8. The highest BCUT2D eigenvalue weighted by atomic mass is 16.2. The molecular formula is C20H22N4O3. The van der Waals surface area contributed by atoms with Gasteiger partial charge in [-0.15, -0.1) is 0 Å². The largest absolute Gasteiger partial charge is 0.349 e. The minimum absolute atomic E-state index is 0.170. The molecule has 3 rings (SSSR count). The second-order valence-corrected chi connectivity index (χ2v) is 6.36. The fraction of sp³-hybridized carbons (Fsp3) is 0.250. The molecule has 140 valence electrons. The van der Waals surface area contributed by atoms with Gasteiger partial charge < -0.3 is 15.2 Å². The number of amides is 4. The highest BCUT2D eigenvalue weighted by Gasteiger charge is 2.35. The van der Waals surface area contributed by atoms with E-state index in [0.29, 0.717) is 5.69 Å². The Balaban J connectivity index is 1.74. The zero-order chi connectivity index (χ0) is 19.6. The maximum atomic E-state index is 12.6. The number of aromatic nitrogens is 1. The number of nitrogens with one attached hydrogen (secondary N) is 2. The SMILES string of the molecule is CCn1c(C)cc(/C=C2\NC(=O)N(CC(=O)Nc3ccccc3)C2=O)c1C. The molecule has 1 aliphatic rings. The third-order valence-electron chi connectivity index (χ3n) is 4.55. The van der Waals surface area contributed by atoms with Crippen LogP contribution in [0.4, 0.5) is 10.5 Å². The number of para-hydroxylation sites is 1. The van der Waals surface area contributed by atoms with Gasteiger partial charge in [0.05, 0.1) is 0 Å². The molecule has 0 unspecified atom stereocenters. The van der Waals surface area contributed by atoms with E-state index in [1.54, 1.807) is 30.3 Å². The lowest BCUT2D eigenvalue weighted by Gasteiger charge is -2.11. The fourth-order valence-corrected chi connectivity index (χ4v) is 3.20. The van der Waals surface area contributed by atoms with Crippen LogP contribution in [0.15, 0.2) is 42.1 Å². The molecule has 0 atom stereocenters. The zero-order valence-corrected chi connectivity index (χ0v) is 15.6. The van der Waals surface area contributed by atoms with Crippen LogP contribution in [0.25, 0.3) is 6.08 Å². The molecule has 4 amide bonds. The number of carbonyl (C=O) groups is 3. The quantitative estimate of drug-likeness (QED) is 0.630. The van der Waals surface area contributed by atoms with Crippen LogP contribution < -0.4 is 10.6 Å². The van der Waals surface area contributed by atoms with Crippen LogP contribution in [-0.4, -0.2) is 33.9 Å². The Morgan fingerprint density at radius 1 is 1.19 bits per heavy atom. The third-order valence-corrected chi connectivity index (χ3v) is 4.55. The third kappa shape index (κ3) is 3.76. The normalized spacial score (nSPS) is 15.4. The Hall–Kier alpha value is -3.35. The molecule has 0 radical (unpaired) electrons. The molecule has 27 heavy (non-hydrogen) atoms. The standard InChI is InChI=1S/C20H22N4O3/c1-4-23-13(2)10-15(14(23)3)11-17-19(26)24(20(27)22-17)12-18(25)21-16-8-6-5-7-9-16/h5-11H,4,12H2,1-3H3,(H,21,25)(H,22,27)/b17-11-. The van der Waals surface area contributed by atoms with Crippen LogP contribution in [0.3, 0.4) is 0 Å². The predicted molar refractivity (Wildman–Crippen MR) is 103 cm³/mol. The number of carbonyl (C=O) groups excluding carboxylic acids is 3. The lowest BCUT2D eigenvalue weighted by molar-refractivity contribution is -0.127. The highest BCUT2D eigenvalue weighted by Crippen LogP contribution is 2.20. The first-order valence-electron chi connectivity index (χ1n) is 8.77. The van der Waals surface area contributed by atoms with E-state index in [4.69, 9.17) is 0 Å². The minimum Gasteiger partial charge on any atom is -0.349 e. The van der Waals surface area contributed by atoms with Gasteiger partial charge in [-0.25, -0.2) is 9.69 Å². The second kappa shape index (κ2) is 7.49. The zero-order valence-electron chi connectivity index (χ0n) is 15.6. The summed E-state index contributed by atoms with van der Waals surface area (Å²) in [5.41, 5.74) is 3.75. The molecule has 0 aliphatic carbocycles. The van der Waals surface area contributed by atoms with Gasteiger partial charge in [-0.05, 0) is 50.6 Å². The van der Waals surface area contributed by atoms with Crippen molar-refractivity contribution in [3.8, 4) is 0 Å². The average molecular weight is 366 g/mol. The van der Waals surface area contributed by atoms with Crippen molar-refractivity contribution in [3.63, 3.8) is 0 Å². The van der Waals surface area contributed by atoms with Crippen molar-refractivity contribution in [2.24, 2.45) is 0 Å². The van der Waals surface area contributed by atoms with Crippen molar-refractivity contribution in [1.29, 1.82) is 0 Å². The Labute approximate surface area is 157 Å². The first-order valence-corrected chi connectivity index (χ1v) is 8.77. The molecule has 0 spiro atoms. The van der Waals surface area contributed by atoms with Crippen LogP contribution in [0.2, 0.25) is 0 Å². The molecule has 1 aromatic heterocycles. The first-order chi connectivity index (χ1) is 12.9. The summed E-state index contributed by atoms with van der Waals surface area (Å²) in [6, 6.07) is 10.2. The fourth-order valence-electron chi connectivity index (χ4n) is 3.20. The molecule has 0 bridgehead atoms. The summed E-state index contributed by atoms with van der Waals surface area (Å²) >= 11 is 0. The Morgan fingerprint density at radius 3 is 2.52 bits per heavy atom. The molecule has 2 heterocycles. The summed E-state index contributed by atoms with van der Waals surface area (Å²) in [5, 5.41) is 5.22. The topological polar surface area (TPSA) is 83.4 Å². The van der Waals surface area contributed by atoms with Crippen LogP contribution in [0, 0.1) is 13.8 Å². The van der Waals surface area contributed by atoms with Crippen molar-refractivity contribution < 1.29 is 14.4 Å². The molecule has 1 aliphatic heterocycles. The van der Waals surface area contributed by atoms with E-state index in [1.807, 2.05) is 32.9 Å². The van der Waals surface area contributed by atoms with Gasteiger partial charge >= 0.3 is 6.03 Å². The lowest BCUT2D eigenvalue weighted by atomic mass is 10.2. The van der Waals surface area contributed by atoms with Crippen molar-refractivity contribution in [1.82, 2.24) is 14.8 Å². The number of anilines is 1. The van der Waals surface area contributed by atoms with E-state index in [2.05, 4.69) is 15.2 Å². The molecule has 1 saturated heterocycles. The number of nitrogens with zero attached hydrogens (tertiary/aromatic N) is 2. The molecule has 0 saturated carbocycles. The lowest BCUT2D eigenvalue weighted by Crippen LogP contribution is -2.38. The van der Waals surface area contributed by atoms with Crippen LogP contribution in [-0.2, 0) is 16.1 Å². The number of hydrogen-bond acceptors (Lipinski definition) is 3. The average Bonchev–Trinajstić information content (AvgIpc) is 3.05. The van der Waals surface area contributed by atoms with Gasteiger partial charge in [0, 0.05) is 23.6 Å². The van der Waals surface area contributed by atoms with Crippen LogP contribution >= 0.6 is 0 Å². The summed E-state index contributed by atoms with van der Waals surface area (Å²) < 4.78 is 2.12.